The first-order valence-corrected chi connectivity index (χ1v) is 7.54. The number of halogens is 1. The zero-order chi connectivity index (χ0) is 13.9. The summed E-state index contributed by atoms with van der Waals surface area (Å²) in [5, 5.41) is 0.833. The molecule has 0 amide bonds. The van der Waals surface area contributed by atoms with Crippen LogP contribution in [0, 0.1) is 11.7 Å². The van der Waals surface area contributed by atoms with Crippen molar-refractivity contribution in [3.05, 3.63) is 35.8 Å². The highest BCUT2D eigenvalue weighted by atomic mass is 19.1. The third-order valence-electron chi connectivity index (χ3n) is 4.45. The molecule has 0 atom stereocenters. The van der Waals surface area contributed by atoms with Crippen LogP contribution in [0.4, 0.5) is 4.39 Å². The first-order chi connectivity index (χ1) is 9.74. The van der Waals surface area contributed by atoms with Gasteiger partial charge in [0.2, 0.25) is 0 Å². The number of fused-ring (bicyclic) bond motifs is 1. The Morgan fingerprint density at radius 2 is 2.05 bits per heavy atom. The molecule has 1 heterocycles. The van der Waals surface area contributed by atoms with Gasteiger partial charge in [-0.05, 0) is 30.5 Å². The van der Waals surface area contributed by atoms with Crippen molar-refractivity contribution in [1.82, 2.24) is 4.98 Å². The first kappa shape index (κ1) is 13.3. The van der Waals surface area contributed by atoms with E-state index in [1.807, 2.05) is 0 Å². The van der Waals surface area contributed by atoms with Crippen molar-refractivity contribution in [2.45, 2.75) is 44.9 Å². The summed E-state index contributed by atoms with van der Waals surface area (Å²) < 4.78 is 13.1. The third-order valence-corrected chi connectivity index (χ3v) is 4.45. The number of nitrogens with one attached hydrogen (secondary N) is 1. The van der Waals surface area contributed by atoms with Gasteiger partial charge in [-0.2, -0.15) is 0 Å². The van der Waals surface area contributed by atoms with Crippen molar-refractivity contribution < 1.29 is 9.18 Å². The molecule has 0 aliphatic heterocycles. The summed E-state index contributed by atoms with van der Waals surface area (Å²) in [6.07, 6.45) is 9.82. The molecule has 1 aromatic heterocycles. The number of benzene rings is 1. The third kappa shape index (κ3) is 2.77. The number of carbonyl (C=O) groups is 1. The second kappa shape index (κ2) is 5.78. The van der Waals surface area contributed by atoms with E-state index in [2.05, 4.69) is 4.98 Å². The van der Waals surface area contributed by atoms with Gasteiger partial charge in [-0.15, -0.1) is 0 Å². The van der Waals surface area contributed by atoms with Crippen LogP contribution in [0.25, 0.3) is 10.9 Å². The molecule has 3 heteroatoms. The maximum atomic E-state index is 13.1. The predicted octanol–water partition coefficient (Wildman–Crippen LogP) is 4.85. The van der Waals surface area contributed by atoms with Crippen molar-refractivity contribution >= 4 is 16.7 Å². The first-order valence-electron chi connectivity index (χ1n) is 7.54. The Morgan fingerprint density at radius 3 is 2.85 bits per heavy atom. The minimum atomic E-state index is -0.277. The van der Waals surface area contributed by atoms with E-state index in [0.717, 1.165) is 17.7 Å². The molecular formula is C17H20FNO. The van der Waals surface area contributed by atoms with E-state index in [0.29, 0.717) is 17.5 Å². The molecule has 0 radical (unpaired) electrons. The number of aromatic amines is 1. The molecule has 106 valence electrons. The summed E-state index contributed by atoms with van der Waals surface area (Å²) in [5.74, 6) is 0.615. The fourth-order valence-corrected chi connectivity index (χ4v) is 3.27. The summed E-state index contributed by atoms with van der Waals surface area (Å²) in [6.45, 7) is 0. The summed E-state index contributed by atoms with van der Waals surface area (Å²) in [7, 11) is 0. The van der Waals surface area contributed by atoms with Crippen LogP contribution in [0.5, 0.6) is 0 Å². The van der Waals surface area contributed by atoms with Gasteiger partial charge in [0, 0.05) is 29.1 Å². The Hall–Kier alpha value is -1.64. The Labute approximate surface area is 118 Å². The monoisotopic (exact) mass is 273 g/mol. The van der Waals surface area contributed by atoms with Gasteiger partial charge in [-0.25, -0.2) is 4.39 Å². The summed E-state index contributed by atoms with van der Waals surface area (Å²) in [4.78, 5) is 15.3. The largest absolute Gasteiger partial charge is 0.360 e. The smallest absolute Gasteiger partial charge is 0.165 e. The molecule has 1 aliphatic rings. The van der Waals surface area contributed by atoms with E-state index in [-0.39, 0.29) is 11.6 Å². The van der Waals surface area contributed by atoms with Gasteiger partial charge in [0.15, 0.2) is 5.78 Å². The zero-order valence-corrected chi connectivity index (χ0v) is 11.6. The van der Waals surface area contributed by atoms with Crippen LogP contribution in [0.2, 0.25) is 0 Å². The van der Waals surface area contributed by atoms with Gasteiger partial charge in [0.25, 0.3) is 0 Å². The van der Waals surface area contributed by atoms with Crippen molar-refractivity contribution in [2.24, 2.45) is 5.92 Å². The van der Waals surface area contributed by atoms with Crippen molar-refractivity contribution in [2.75, 3.05) is 0 Å². The normalized spacial score (nSPS) is 16.6. The van der Waals surface area contributed by atoms with Crippen LogP contribution < -0.4 is 0 Å². The molecule has 1 aliphatic carbocycles. The number of carbonyl (C=O) groups excluding carboxylic acids is 1. The van der Waals surface area contributed by atoms with Gasteiger partial charge in [0.05, 0.1) is 0 Å². The maximum absolute atomic E-state index is 13.1. The molecule has 3 rings (SSSR count). The molecule has 1 N–H and O–H groups in total. The number of hydrogen-bond acceptors (Lipinski definition) is 1. The summed E-state index contributed by atoms with van der Waals surface area (Å²) in [6, 6.07) is 4.54. The van der Waals surface area contributed by atoms with Crippen LogP contribution in [0.3, 0.4) is 0 Å². The van der Waals surface area contributed by atoms with Crippen LogP contribution in [-0.2, 0) is 0 Å². The van der Waals surface area contributed by atoms with Crippen LogP contribution in [-0.4, -0.2) is 10.8 Å². The van der Waals surface area contributed by atoms with E-state index in [1.165, 1.54) is 44.2 Å². The Morgan fingerprint density at radius 1 is 1.25 bits per heavy atom. The minimum absolute atomic E-state index is 0.174. The van der Waals surface area contributed by atoms with E-state index in [4.69, 9.17) is 0 Å². The van der Waals surface area contributed by atoms with E-state index >= 15 is 0 Å². The van der Waals surface area contributed by atoms with Gasteiger partial charge < -0.3 is 4.98 Å². The number of H-pyrrole nitrogens is 1. The number of rotatable bonds is 4. The molecule has 0 unspecified atom stereocenters. The Balaban J connectivity index is 1.69. The molecule has 1 saturated carbocycles. The van der Waals surface area contributed by atoms with Gasteiger partial charge in [-0.1, -0.05) is 32.1 Å². The molecule has 1 fully saturated rings. The second-order valence-electron chi connectivity index (χ2n) is 5.86. The highest BCUT2D eigenvalue weighted by Gasteiger charge is 2.17. The molecule has 20 heavy (non-hydrogen) atoms. The molecule has 0 spiro atoms. The van der Waals surface area contributed by atoms with Crippen LogP contribution >= 0.6 is 0 Å². The molecule has 2 nitrogen and oxygen atoms in total. The lowest BCUT2D eigenvalue weighted by atomic mass is 9.85. The lowest BCUT2D eigenvalue weighted by Crippen LogP contribution is -2.09. The maximum Gasteiger partial charge on any atom is 0.165 e. The Bertz CT molecular complexity index is 610. The van der Waals surface area contributed by atoms with E-state index < -0.39 is 0 Å². The lowest BCUT2D eigenvalue weighted by molar-refractivity contribution is 0.0972. The summed E-state index contributed by atoms with van der Waals surface area (Å²) in [5.41, 5.74) is 1.40. The Kier molecular flexibility index (Phi) is 3.86. The topological polar surface area (TPSA) is 32.9 Å². The SMILES string of the molecule is O=C(CCC1CCCCC1)c1c[nH]c2cc(F)ccc12. The standard InChI is InChI=1S/C17H20FNO/c18-13-7-8-14-15(11-19-16(14)10-13)17(20)9-6-12-4-2-1-3-5-12/h7-8,10-12,19H,1-6,9H2. The number of ketones is 1. The van der Waals surface area contributed by atoms with Crippen LogP contribution in [0.15, 0.2) is 24.4 Å². The van der Waals surface area contributed by atoms with Crippen LogP contribution in [0.1, 0.15) is 55.3 Å². The van der Waals surface area contributed by atoms with Gasteiger partial charge in [-0.3, -0.25) is 4.79 Å². The van der Waals surface area contributed by atoms with Crippen molar-refractivity contribution in [3.8, 4) is 0 Å². The van der Waals surface area contributed by atoms with E-state index in [1.54, 1.807) is 12.3 Å². The fraction of sp³-hybridized carbons (Fsp3) is 0.471. The van der Waals surface area contributed by atoms with E-state index in [9.17, 15) is 9.18 Å². The molecule has 1 aromatic carbocycles. The predicted molar refractivity (Wildman–Crippen MR) is 78.4 cm³/mol. The van der Waals surface area contributed by atoms with Crippen molar-refractivity contribution in [3.63, 3.8) is 0 Å². The molecule has 0 bridgehead atoms. The highest BCUT2D eigenvalue weighted by molar-refractivity contribution is 6.07. The second-order valence-corrected chi connectivity index (χ2v) is 5.86. The average Bonchev–Trinajstić information content (AvgIpc) is 2.89. The van der Waals surface area contributed by atoms with Crippen molar-refractivity contribution in [1.29, 1.82) is 0 Å². The fourth-order valence-electron chi connectivity index (χ4n) is 3.27. The molecular weight excluding hydrogens is 253 g/mol. The average molecular weight is 273 g/mol. The van der Waals surface area contributed by atoms with Gasteiger partial charge >= 0.3 is 0 Å². The van der Waals surface area contributed by atoms with Gasteiger partial charge in [0.1, 0.15) is 5.82 Å². The summed E-state index contributed by atoms with van der Waals surface area (Å²) >= 11 is 0. The number of Topliss-reactive ketones (excluding diaryl/α,β-unsaturated/α-hetero) is 1. The number of hydrogen-bond donors (Lipinski definition) is 1. The molecule has 0 saturated heterocycles. The number of aromatic nitrogens is 1. The lowest BCUT2D eigenvalue weighted by Gasteiger charge is -2.20. The zero-order valence-electron chi connectivity index (χ0n) is 11.6. The minimum Gasteiger partial charge on any atom is -0.360 e. The quantitative estimate of drug-likeness (QED) is 0.793. The highest BCUT2D eigenvalue weighted by Crippen LogP contribution is 2.28. The molecule has 2 aromatic rings.